The molecule has 0 saturated heterocycles. The van der Waals surface area contributed by atoms with Crippen LogP contribution in [0.25, 0.3) is 0 Å². The van der Waals surface area contributed by atoms with E-state index in [9.17, 15) is 0 Å². The van der Waals surface area contributed by atoms with E-state index < -0.39 is 0 Å². The number of rotatable bonds is 3. The minimum atomic E-state index is 0. The number of para-hydroxylation sites is 1. The van der Waals surface area contributed by atoms with Gasteiger partial charge in [0.25, 0.3) is 0 Å². The third-order valence-electron chi connectivity index (χ3n) is 3.96. The second kappa shape index (κ2) is 6.03. The van der Waals surface area contributed by atoms with Gasteiger partial charge in [-0.2, -0.15) is 4.98 Å². The zero-order valence-electron chi connectivity index (χ0n) is 11.8. The molecule has 2 aliphatic rings. The lowest BCUT2D eigenvalue weighted by Gasteiger charge is -2.22. The Kier molecular flexibility index (Phi) is 4.12. The highest BCUT2D eigenvalue weighted by atomic mass is 35.5. The zero-order valence-corrected chi connectivity index (χ0v) is 12.6. The van der Waals surface area contributed by atoms with Crippen molar-refractivity contribution in [1.29, 1.82) is 0 Å². The molecule has 1 aliphatic heterocycles. The summed E-state index contributed by atoms with van der Waals surface area (Å²) in [5.41, 5.74) is 2.59. The van der Waals surface area contributed by atoms with Crippen LogP contribution in [-0.2, 0) is 13.1 Å². The molecule has 0 atom stereocenters. The van der Waals surface area contributed by atoms with Gasteiger partial charge in [-0.1, -0.05) is 23.4 Å². The van der Waals surface area contributed by atoms with Crippen LogP contribution in [0.1, 0.15) is 36.0 Å². The van der Waals surface area contributed by atoms with Crippen molar-refractivity contribution in [3.05, 3.63) is 41.5 Å². The Hall–Kier alpha value is -1.59. The molecule has 0 amide bonds. The predicted octanol–water partition coefficient (Wildman–Crippen LogP) is 2.48. The summed E-state index contributed by atoms with van der Waals surface area (Å²) in [6, 6.07) is 8.51. The Morgan fingerprint density at radius 3 is 3.00 bits per heavy atom. The minimum Gasteiger partial charge on any atom is -0.361 e. The number of nitrogens with zero attached hydrogens (tertiary/aromatic N) is 3. The van der Waals surface area contributed by atoms with Crippen molar-refractivity contribution < 1.29 is 4.52 Å². The smallest absolute Gasteiger partial charge is 0.246 e. The van der Waals surface area contributed by atoms with Gasteiger partial charge in [-0.15, -0.1) is 12.4 Å². The van der Waals surface area contributed by atoms with E-state index in [4.69, 9.17) is 4.52 Å². The minimum absolute atomic E-state index is 0. The highest BCUT2D eigenvalue weighted by Crippen LogP contribution is 2.38. The van der Waals surface area contributed by atoms with Gasteiger partial charge < -0.3 is 14.7 Å². The first-order valence-corrected chi connectivity index (χ1v) is 7.26. The number of nitrogens with one attached hydrogen (secondary N) is 1. The second-order valence-electron chi connectivity index (χ2n) is 5.55. The van der Waals surface area contributed by atoms with Gasteiger partial charge in [-0.05, 0) is 24.5 Å². The summed E-state index contributed by atoms with van der Waals surface area (Å²) in [7, 11) is 0. The Labute approximate surface area is 130 Å². The summed E-state index contributed by atoms with van der Waals surface area (Å²) in [4.78, 5) is 6.85. The summed E-state index contributed by atoms with van der Waals surface area (Å²) in [5, 5.41) is 7.54. The molecule has 1 aromatic heterocycles. The average molecular weight is 307 g/mol. The molecular weight excluding hydrogens is 288 g/mol. The van der Waals surface area contributed by atoms with E-state index in [1.807, 2.05) is 0 Å². The summed E-state index contributed by atoms with van der Waals surface area (Å²) >= 11 is 0. The van der Waals surface area contributed by atoms with E-state index >= 15 is 0 Å². The summed E-state index contributed by atoms with van der Waals surface area (Å²) in [5.74, 6) is 2.16. The van der Waals surface area contributed by atoms with Gasteiger partial charge in [0.15, 0.2) is 5.82 Å². The fourth-order valence-electron chi connectivity index (χ4n) is 2.69. The van der Waals surface area contributed by atoms with Crippen LogP contribution in [0.3, 0.4) is 0 Å². The Bertz CT molecular complexity index is 611. The molecule has 2 aromatic rings. The zero-order chi connectivity index (χ0) is 13.4. The van der Waals surface area contributed by atoms with E-state index in [2.05, 4.69) is 44.6 Å². The third-order valence-corrected chi connectivity index (χ3v) is 3.96. The first-order chi connectivity index (χ1) is 9.90. The lowest BCUT2D eigenvalue weighted by molar-refractivity contribution is 0.371. The lowest BCUT2D eigenvalue weighted by atomic mass is 10.1. The molecule has 0 bridgehead atoms. The third kappa shape index (κ3) is 3.04. The summed E-state index contributed by atoms with van der Waals surface area (Å²) in [6.45, 7) is 3.54. The average Bonchev–Trinajstić information content (AvgIpc) is 3.25. The van der Waals surface area contributed by atoms with Crippen molar-refractivity contribution in [2.24, 2.45) is 0 Å². The number of aromatic nitrogens is 2. The maximum atomic E-state index is 5.40. The van der Waals surface area contributed by atoms with Crippen molar-refractivity contribution >= 4 is 18.1 Å². The highest BCUT2D eigenvalue weighted by molar-refractivity contribution is 5.85. The molecule has 112 valence electrons. The van der Waals surface area contributed by atoms with Crippen molar-refractivity contribution in [1.82, 2.24) is 15.5 Å². The number of anilines is 1. The van der Waals surface area contributed by atoms with Gasteiger partial charge in [-0.25, -0.2) is 0 Å². The van der Waals surface area contributed by atoms with Crippen LogP contribution in [-0.4, -0.2) is 23.2 Å². The monoisotopic (exact) mass is 306 g/mol. The molecule has 6 heteroatoms. The first kappa shape index (κ1) is 14.4. The molecule has 1 saturated carbocycles. The Morgan fingerprint density at radius 1 is 1.29 bits per heavy atom. The van der Waals surface area contributed by atoms with Gasteiger partial charge in [0.2, 0.25) is 5.89 Å². The fraction of sp³-hybridized carbons (Fsp3) is 0.467. The predicted molar refractivity (Wildman–Crippen MR) is 82.7 cm³/mol. The Morgan fingerprint density at radius 2 is 2.14 bits per heavy atom. The number of fused-ring (bicyclic) bond motifs is 1. The van der Waals surface area contributed by atoms with Crippen LogP contribution in [0, 0.1) is 0 Å². The molecular formula is C15H19ClN4O. The molecule has 1 aromatic carbocycles. The molecule has 0 spiro atoms. The Balaban J connectivity index is 0.00000132. The quantitative estimate of drug-likeness (QED) is 0.944. The van der Waals surface area contributed by atoms with E-state index in [1.165, 1.54) is 24.1 Å². The molecule has 21 heavy (non-hydrogen) atoms. The topological polar surface area (TPSA) is 54.2 Å². The van der Waals surface area contributed by atoms with Crippen LogP contribution >= 0.6 is 12.4 Å². The van der Waals surface area contributed by atoms with Crippen LogP contribution in [0.4, 0.5) is 5.69 Å². The van der Waals surface area contributed by atoms with Crippen molar-refractivity contribution in [2.45, 2.75) is 31.8 Å². The van der Waals surface area contributed by atoms with Gasteiger partial charge in [0.05, 0.1) is 6.54 Å². The molecule has 1 fully saturated rings. The van der Waals surface area contributed by atoms with Crippen LogP contribution in [0.2, 0.25) is 0 Å². The van der Waals surface area contributed by atoms with Crippen molar-refractivity contribution in [3.8, 4) is 0 Å². The van der Waals surface area contributed by atoms with E-state index in [0.717, 1.165) is 31.3 Å². The number of hydrogen-bond acceptors (Lipinski definition) is 5. The second-order valence-corrected chi connectivity index (χ2v) is 5.55. The van der Waals surface area contributed by atoms with E-state index in [0.29, 0.717) is 12.5 Å². The molecule has 4 rings (SSSR count). The number of hydrogen-bond donors (Lipinski definition) is 1. The van der Waals surface area contributed by atoms with Gasteiger partial charge in [0.1, 0.15) is 0 Å². The molecule has 1 aliphatic carbocycles. The number of halogens is 1. The fourth-order valence-corrected chi connectivity index (χ4v) is 2.69. The highest BCUT2D eigenvalue weighted by Gasteiger charge is 2.29. The van der Waals surface area contributed by atoms with Crippen molar-refractivity contribution in [3.63, 3.8) is 0 Å². The van der Waals surface area contributed by atoms with Gasteiger partial charge >= 0.3 is 0 Å². The summed E-state index contributed by atoms with van der Waals surface area (Å²) < 4.78 is 5.40. The standard InChI is InChI=1S/C15H18N4O.ClH/c1-2-4-13-12(3-1)9-16-7-8-19(13)10-14-17-15(18-20-14)11-5-6-11;/h1-4,11,16H,5-10H2;1H. The maximum absolute atomic E-state index is 5.40. The van der Waals surface area contributed by atoms with Crippen LogP contribution < -0.4 is 10.2 Å². The largest absolute Gasteiger partial charge is 0.361 e. The normalized spacial score (nSPS) is 17.8. The van der Waals surface area contributed by atoms with E-state index in [-0.39, 0.29) is 12.4 Å². The summed E-state index contributed by atoms with van der Waals surface area (Å²) in [6.07, 6.45) is 2.41. The van der Waals surface area contributed by atoms with Crippen LogP contribution in [0.15, 0.2) is 28.8 Å². The van der Waals surface area contributed by atoms with Gasteiger partial charge in [0, 0.05) is 31.2 Å². The number of benzene rings is 1. The van der Waals surface area contributed by atoms with Crippen LogP contribution in [0.5, 0.6) is 0 Å². The molecule has 5 nitrogen and oxygen atoms in total. The van der Waals surface area contributed by atoms with Crippen molar-refractivity contribution in [2.75, 3.05) is 18.0 Å². The van der Waals surface area contributed by atoms with Gasteiger partial charge in [-0.3, -0.25) is 0 Å². The van der Waals surface area contributed by atoms with E-state index in [1.54, 1.807) is 0 Å². The lowest BCUT2D eigenvalue weighted by Crippen LogP contribution is -2.28. The molecule has 2 heterocycles. The molecule has 0 unspecified atom stereocenters. The molecule has 1 N–H and O–H groups in total. The molecule has 0 radical (unpaired) electrons. The SMILES string of the molecule is Cl.c1ccc2c(c1)CNCCN2Cc1nc(C2CC2)no1. The first-order valence-electron chi connectivity index (χ1n) is 7.26. The maximum Gasteiger partial charge on any atom is 0.246 e.